The minimum absolute atomic E-state index is 0.187. The lowest BCUT2D eigenvalue weighted by atomic mass is 10.0. The van der Waals surface area contributed by atoms with Crippen LogP contribution in [0.2, 0.25) is 0 Å². The van der Waals surface area contributed by atoms with E-state index in [1.165, 1.54) is 0 Å². The number of nitrogens with one attached hydrogen (secondary N) is 1. The standard InChI is InChI=1S/C14H16N2O3/c1-2-15-12(9-13(17)18)14(19)10-5-7-16-6-3-4-11(16)8-10/h3-8,12,15H,2,9H2,1H3,(H,17,18). The zero-order valence-electron chi connectivity index (χ0n) is 10.7. The number of Topliss-reactive ketones (excluding diaryl/α,β-unsaturated/α-hetero) is 1. The zero-order valence-corrected chi connectivity index (χ0v) is 10.7. The largest absolute Gasteiger partial charge is 0.481 e. The molecule has 0 fully saturated rings. The molecule has 2 aromatic rings. The third kappa shape index (κ3) is 3.00. The molecule has 5 nitrogen and oxygen atoms in total. The molecule has 19 heavy (non-hydrogen) atoms. The molecule has 2 heterocycles. The van der Waals surface area contributed by atoms with E-state index in [9.17, 15) is 9.59 Å². The molecule has 0 aliphatic carbocycles. The van der Waals surface area contributed by atoms with Gasteiger partial charge in [0.05, 0.1) is 12.5 Å². The number of nitrogens with zero attached hydrogens (tertiary/aromatic N) is 1. The molecule has 0 aromatic carbocycles. The van der Waals surface area contributed by atoms with Gasteiger partial charge < -0.3 is 14.8 Å². The van der Waals surface area contributed by atoms with Gasteiger partial charge >= 0.3 is 5.97 Å². The number of carbonyl (C=O) groups is 2. The monoisotopic (exact) mass is 260 g/mol. The zero-order chi connectivity index (χ0) is 13.8. The Morgan fingerprint density at radius 3 is 2.84 bits per heavy atom. The van der Waals surface area contributed by atoms with E-state index < -0.39 is 12.0 Å². The summed E-state index contributed by atoms with van der Waals surface area (Å²) in [5.41, 5.74) is 1.44. The van der Waals surface area contributed by atoms with E-state index in [0.717, 1.165) is 5.52 Å². The van der Waals surface area contributed by atoms with Crippen molar-refractivity contribution >= 4 is 17.3 Å². The van der Waals surface area contributed by atoms with Crippen LogP contribution in [0.15, 0.2) is 36.7 Å². The van der Waals surface area contributed by atoms with E-state index in [1.807, 2.05) is 29.7 Å². The summed E-state index contributed by atoms with van der Waals surface area (Å²) in [5.74, 6) is -1.17. The Balaban J connectivity index is 2.26. The van der Waals surface area contributed by atoms with Gasteiger partial charge in [-0.25, -0.2) is 0 Å². The fourth-order valence-electron chi connectivity index (χ4n) is 2.07. The number of carboxylic acids is 1. The summed E-state index contributed by atoms with van der Waals surface area (Å²) in [4.78, 5) is 23.1. The molecule has 0 bridgehead atoms. The topological polar surface area (TPSA) is 70.8 Å². The highest BCUT2D eigenvalue weighted by atomic mass is 16.4. The summed E-state index contributed by atoms with van der Waals surface area (Å²) >= 11 is 0. The Morgan fingerprint density at radius 2 is 2.16 bits per heavy atom. The number of ketones is 1. The van der Waals surface area contributed by atoms with Gasteiger partial charge in [0.1, 0.15) is 0 Å². The highest BCUT2D eigenvalue weighted by Crippen LogP contribution is 2.11. The van der Waals surface area contributed by atoms with Gasteiger partial charge in [0.2, 0.25) is 0 Å². The van der Waals surface area contributed by atoms with Gasteiger partial charge in [0.15, 0.2) is 5.78 Å². The van der Waals surface area contributed by atoms with E-state index in [4.69, 9.17) is 5.11 Å². The van der Waals surface area contributed by atoms with Crippen molar-refractivity contribution in [1.82, 2.24) is 9.72 Å². The highest BCUT2D eigenvalue weighted by Gasteiger charge is 2.22. The summed E-state index contributed by atoms with van der Waals surface area (Å²) in [6.07, 6.45) is 3.48. The van der Waals surface area contributed by atoms with Crippen LogP contribution in [0.1, 0.15) is 23.7 Å². The first-order valence-electron chi connectivity index (χ1n) is 6.18. The number of rotatable bonds is 6. The van der Waals surface area contributed by atoms with Crippen LogP contribution in [0, 0.1) is 0 Å². The van der Waals surface area contributed by atoms with Gasteiger partial charge in [-0.2, -0.15) is 0 Å². The second-order valence-corrected chi connectivity index (χ2v) is 4.33. The molecule has 0 aliphatic heterocycles. The van der Waals surface area contributed by atoms with Crippen LogP contribution in [0.3, 0.4) is 0 Å². The molecule has 0 aliphatic rings. The lowest BCUT2D eigenvalue weighted by Gasteiger charge is -2.14. The third-order valence-electron chi connectivity index (χ3n) is 2.96. The number of aromatic nitrogens is 1. The molecular formula is C14H16N2O3. The van der Waals surface area contributed by atoms with Gasteiger partial charge in [0.25, 0.3) is 0 Å². The summed E-state index contributed by atoms with van der Waals surface area (Å²) in [6.45, 7) is 2.40. The molecule has 0 spiro atoms. The van der Waals surface area contributed by atoms with Crippen molar-refractivity contribution in [2.75, 3.05) is 6.54 Å². The van der Waals surface area contributed by atoms with E-state index in [0.29, 0.717) is 12.1 Å². The Kier molecular flexibility index (Phi) is 3.97. The molecule has 100 valence electrons. The average molecular weight is 260 g/mol. The maximum absolute atomic E-state index is 12.3. The minimum atomic E-state index is -0.983. The van der Waals surface area contributed by atoms with Crippen molar-refractivity contribution in [2.45, 2.75) is 19.4 Å². The van der Waals surface area contributed by atoms with Crippen molar-refractivity contribution < 1.29 is 14.7 Å². The quantitative estimate of drug-likeness (QED) is 0.773. The summed E-state index contributed by atoms with van der Waals surface area (Å²) < 4.78 is 1.90. The molecule has 2 aromatic heterocycles. The van der Waals surface area contributed by atoms with Gasteiger partial charge in [0, 0.05) is 23.5 Å². The number of carboxylic acid groups (broad SMARTS) is 1. The predicted octanol–water partition coefficient (Wildman–Crippen LogP) is 1.57. The molecule has 5 heteroatoms. The summed E-state index contributed by atoms with van der Waals surface area (Å²) in [5, 5.41) is 11.8. The first kappa shape index (κ1) is 13.3. The van der Waals surface area contributed by atoms with Crippen LogP contribution in [0.4, 0.5) is 0 Å². The Morgan fingerprint density at radius 1 is 1.37 bits per heavy atom. The molecule has 2 N–H and O–H groups in total. The van der Waals surface area contributed by atoms with Crippen molar-refractivity contribution in [3.63, 3.8) is 0 Å². The summed E-state index contributed by atoms with van der Waals surface area (Å²) in [6, 6.07) is 6.59. The van der Waals surface area contributed by atoms with Crippen LogP contribution in [-0.2, 0) is 4.79 Å². The predicted molar refractivity (Wildman–Crippen MR) is 71.4 cm³/mol. The van der Waals surface area contributed by atoms with Gasteiger partial charge in [-0.1, -0.05) is 6.92 Å². The van der Waals surface area contributed by atoms with Gasteiger partial charge in [-0.05, 0) is 30.8 Å². The van der Waals surface area contributed by atoms with Crippen molar-refractivity contribution in [3.8, 4) is 0 Å². The lowest BCUT2D eigenvalue weighted by Crippen LogP contribution is -2.38. The third-order valence-corrected chi connectivity index (χ3v) is 2.96. The smallest absolute Gasteiger partial charge is 0.305 e. The summed E-state index contributed by atoms with van der Waals surface area (Å²) in [7, 11) is 0. The SMILES string of the molecule is CCNC(CC(=O)O)C(=O)c1ccn2cccc2c1. The lowest BCUT2D eigenvalue weighted by molar-refractivity contribution is -0.137. The van der Waals surface area contributed by atoms with Crippen LogP contribution in [0.25, 0.3) is 5.52 Å². The number of aliphatic carboxylic acids is 1. The molecule has 0 amide bonds. The van der Waals surface area contributed by atoms with E-state index in [-0.39, 0.29) is 12.2 Å². The average Bonchev–Trinajstić information content (AvgIpc) is 2.84. The Hall–Kier alpha value is -2.14. The molecule has 0 saturated carbocycles. The highest BCUT2D eigenvalue weighted by molar-refractivity contribution is 6.02. The number of carbonyl (C=O) groups excluding carboxylic acids is 1. The van der Waals surface area contributed by atoms with E-state index in [2.05, 4.69) is 5.32 Å². The van der Waals surface area contributed by atoms with Gasteiger partial charge in [-0.15, -0.1) is 0 Å². The Labute approximate surface area is 110 Å². The number of fused-ring (bicyclic) bond motifs is 1. The van der Waals surface area contributed by atoms with Crippen molar-refractivity contribution in [3.05, 3.63) is 42.2 Å². The molecule has 0 saturated heterocycles. The molecular weight excluding hydrogens is 244 g/mol. The normalized spacial score (nSPS) is 12.5. The number of hydrogen-bond donors (Lipinski definition) is 2. The molecule has 1 unspecified atom stereocenters. The van der Waals surface area contributed by atoms with Gasteiger partial charge in [-0.3, -0.25) is 9.59 Å². The number of pyridine rings is 1. The van der Waals surface area contributed by atoms with Crippen LogP contribution in [-0.4, -0.2) is 33.8 Å². The van der Waals surface area contributed by atoms with Crippen molar-refractivity contribution in [2.24, 2.45) is 0 Å². The van der Waals surface area contributed by atoms with Crippen LogP contribution < -0.4 is 5.32 Å². The fourth-order valence-corrected chi connectivity index (χ4v) is 2.07. The first-order chi connectivity index (χ1) is 9.11. The minimum Gasteiger partial charge on any atom is -0.481 e. The Bertz CT molecular complexity index is 604. The number of likely N-dealkylation sites (N-methyl/N-ethyl adjacent to an activating group) is 1. The maximum Gasteiger partial charge on any atom is 0.305 e. The first-order valence-corrected chi connectivity index (χ1v) is 6.18. The second-order valence-electron chi connectivity index (χ2n) is 4.33. The maximum atomic E-state index is 12.3. The molecule has 1 atom stereocenters. The van der Waals surface area contributed by atoms with Crippen molar-refractivity contribution in [1.29, 1.82) is 0 Å². The van der Waals surface area contributed by atoms with E-state index in [1.54, 1.807) is 18.3 Å². The van der Waals surface area contributed by atoms with E-state index >= 15 is 0 Å². The fraction of sp³-hybridized carbons (Fsp3) is 0.286. The number of hydrogen-bond acceptors (Lipinski definition) is 3. The van der Waals surface area contributed by atoms with Crippen LogP contribution in [0.5, 0.6) is 0 Å². The van der Waals surface area contributed by atoms with Crippen LogP contribution >= 0.6 is 0 Å². The molecule has 2 rings (SSSR count). The second kappa shape index (κ2) is 5.67. The molecule has 0 radical (unpaired) electrons.